The van der Waals surface area contributed by atoms with E-state index in [9.17, 15) is 4.79 Å². The first-order valence-corrected chi connectivity index (χ1v) is 8.10. The van der Waals surface area contributed by atoms with Crippen LogP contribution in [0, 0.1) is 0 Å². The van der Waals surface area contributed by atoms with Crippen molar-refractivity contribution in [3.05, 3.63) is 22.2 Å². The van der Waals surface area contributed by atoms with Gasteiger partial charge in [-0.15, -0.1) is 0 Å². The molecule has 21 heavy (non-hydrogen) atoms. The van der Waals surface area contributed by atoms with Gasteiger partial charge in [-0.1, -0.05) is 0 Å². The molecule has 3 rings (SSSR count). The minimum absolute atomic E-state index is 0.0610. The van der Waals surface area contributed by atoms with Crippen molar-refractivity contribution in [1.82, 2.24) is 10.6 Å². The van der Waals surface area contributed by atoms with Crippen molar-refractivity contribution < 1.29 is 14.3 Å². The van der Waals surface area contributed by atoms with Gasteiger partial charge in [-0.05, 0) is 46.5 Å². The molecule has 0 bridgehead atoms. The lowest BCUT2D eigenvalue weighted by Crippen LogP contribution is -2.34. The van der Waals surface area contributed by atoms with Crippen LogP contribution in [0.2, 0.25) is 0 Å². The molecule has 5 nitrogen and oxygen atoms in total. The number of amides is 1. The van der Waals surface area contributed by atoms with Crippen LogP contribution in [0.25, 0.3) is 0 Å². The van der Waals surface area contributed by atoms with Gasteiger partial charge >= 0.3 is 0 Å². The maximum Gasteiger partial charge on any atom is 0.234 e. The van der Waals surface area contributed by atoms with Crippen LogP contribution in [0.4, 0.5) is 0 Å². The fourth-order valence-electron chi connectivity index (χ4n) is 2.21. The van der Waals surface area contributed by atoms with Crippen molar-refractivity contribution in [1.29, 1.82) is 0 Å². The van der Waals surface area contributed by atoms with E-state index in [1.54, 1.807) is 0 Å². The van der Waals surface area contributed by atoms with Gasteiger partial charge in [0.2, 0.25) is 5.91 Å². The van der Waals surface area contributed by atoms with Gasteiger partial charge in [0.1, 0.15) is 0 Å². The van der Waals surface area contributed by atoms with Crippen molar-refractivity contribution in [3.63, 3.8) is 0 Å². The number of fused-ring (bicyclic) bond motifs is 1. The van der Waals surface area contributed by atoms with Gasteiger partial charge in [0, 0.05) is 19.0 Å². The largest absolute Gasteiger partial charge is 0.490 e. The molecule has 0 atom stereocenters. The Morgan fingerprint density at radius 3 is 2.90 bits per heavy atom. The average Bonchev–Trinajstić information content (AvgIpc) is 3.25. The van der Waals surface area contributed by atoms with Gasteiger partial charge in [0.05, 0.1) is 24.2 Å². The molecule has 1 aromatic carbocycles. The highest BCUT2D eigenvalue weighted by atomic mass is 79.9. The summed E-state index contributed by atoms with van der Waals surface area (Å²) in [7, 11) is 0. The highest BCUT2D eigenvalue weighted by Crippen LogP contribution is 2.38. The van der Waals surface area contributed by atoms with Crippen LogP contribution in [0.3, 0.4) is 0 Å². The van der Waals surface area contributed by atoms with Crippen LogP contribution in [-0.2, 0) is 11.3 Å². The first-order valence-electron chi connectivity index (χ1n) is 7.30. The quantitative estimate of drug-likeness (QED) is 0.848. The zero-order valence-corrected chi connectivity index (χ0v) is 13.4. The predicted octanol–water partition coefficient (Wildman–Crippen LogP) is 1.98. The average molecular weight is 355 g/mol. The highest BCUT2D eigenvalue weighted by Gasteiger charge is 2.22. The number of ether oxygens (including phenoxy) is 2. The number of carbonyl (C=O) groups excluding carboxylic acids is 1. The normalized spacial score (nSPS) is 17.2. The number of nitrogens with one attached hydrogen (secondary N) is 2. The zero-order valence-electron chi connectivity index (χ0n) is 11.8. The Morgan fingerprint density at radius 1 is 1.29 bits per heavy atom. The van der Waals surface area contributed by atoms with Gasteiger partial charge in [-0.3, -0.25) is 4.79 Å². The monoisotopic (exact) mass is 354 g/mol. The summed E-state index contributed by atoms with van der Waals surface area (Å²) in [6.45, 7) is 2.29. The zero-order chi connectivity index (χ0) is 14.7. The third-order valence-corrected chi connectivity index (χ3v) is 4.01. The molecule has 1 amide bonds. The molecule has 1 fully saturated rings. The molecule has 2 N–H and O–H groups in total. The smallest absolute Gasteiger partial charge is 0.234 e. The topological polar surface area (TPSA) is 59.6 Å². The Bertz CT molecular complexity index is 532. The SMILES string of the molecule is O=C(CNCc1cc(Br)c2c(c1)OCCCO2)NC1CC1. The molecule has 0 spiro atoms. The standard InChI is InChI=1S/C15H19BrN2O3/c16-12-6-10(7-13-15(12)21-5-1-4-20-13)8-17-9-14(19)18-11-2-3-11/h6-7,11,17H,1-5,8-9H2,(H,18,19). The van der Waals surface area contributed by atoms with Gasteiger partial charge in [0.25, 0.3) is 0 Å². The molecule has 1 aromatic rings. The van der Waals surface area contributed by atoms with E-state index in [4.69, 9.17) is 9.47 Å². The molecule has 1 heterocycles. The molecule has 114 valence electrons. The summed E-state index contributed by atoms with van der Waals surface area (Å²) in [5.74, 6) is 1.59. The van der Waals surface area contributed by atoms with Crippen LogP contribution < -0.4 is 20.1 Å². The van der Waals surface area contributed by atoms with E-state index in [2.05, 4.69) is 26.6 Å². The second-order valence-corrected chi connectivity index (χ2v) is 6.26. The first kappa shape index (κ1) is 14.7. The number of carbonyl (C=O) groups is 1. The lowest BCUT2D eigenvalue weighted by molar-refractivity contribution is -0.120. The van der Waals surface area contributed by atoms with Crippen LogP contribution in [0.1, 0.15) is 24.8 Å². The summed E-state index contributed by atoms with van der Waals surface area (Å²) in [6, 6.07) is 4.38. The molecular weight excluding hydrogens is 336 g/mol. The molecule has 0 radical (unpaired) electrons. The molecule has 6 heteroatoms. The predicted molar refractivity (Wildman–Crippen MR) is 82.6 cm³/mol. The number of hydrogen-bond donors (Lipinski definition) is 2. The lowest BCUT2D eigenvalue weighted by atomic mass is 10.2. The van der Waals surface area contributed by atoms with E-state index >= 15 is 0 Å². The van der Waals surface area contributed by atoms with Crippen LogP contribution in [-0.4, -0.2) is 31.7 Å². The minimum atomic E-state index is 0.0610. The van der Waals surface area contributed by atoms with E-state index in [-0.39, 0.29) is 5.91 Å². The van der Waals surface area contributed by atoms with Crippen molar-refractivity contribution >= 4 is 21.8 Å². The number of rotatable bonds is 5. The van der Waals surface area contributed by atoms with E-state index in [0.717, 1.165) is 40.8 Å². The van der Waals surface area contributed by atoms with Crippen molar-refractivity contribution in [2.24, 2.45) is 0 Å². The second kappa shape index (κ2) is 6.66. The Hall–Kier alpha value is -1.27. The van der Waals surface area contributed by atoms with E-state index in [0.29, 0.717) is 32.3 Å². The molecule has 0 unspecified atom stereocenters. The molecule has 1 saturated carbocycles. The minimum Gasteiger partial charge on any atom is -0.490 e. The number of benzene rings is 1. The maximum atomic E-state index is 11.6. The summed E-state index contributed by atoms with van der Waals surface area (Å²) < 4.78 is 12.3. The number of halogens is 1. The number of hydrogen-bond acceptors (Lipinski definition) is 4. The van der Waals surface area contributed by atoms with E-state index in [1.807, 2.05) is 12.1 Å². The van der Waals surface area contributed by atoms with Gasteiger partial charge in [-0.25, -0.2) is 0 Å². The van der Waals surface area contributed by atoms with Crippen LogP contribution in [0.15, 0.2) is 16.6 Å². The Labute approximate surface area is 132 Å². The van der Waals surface area contributed by atoms with E-state index in [1.165, 1.54) is 0 Å². The summed E-state index contributed by atoms with van der Waals surface area (Å²) in [6.07, 6.45) is 3.11. The molecule has 0 saturated heterocycles. The van der Waals surface area contributed by atoms with Crippen molar-refractivity contribution in [2.45, 2.75) is 31.8 Å². The molecular formula is C15H19BrN2O3. The molecule has 1 aliphatic carbocycles. The van der Waals surface area contributed by atoms with Crippen molar-refractivity contribution in [2.75, 3.05) is 19.8 Å². The van der Waals surface area contributed by atoms with Crippen molar-refractivity contribution in [3.8, 4) is 11.5 Å². The Morgan fingerprint density at radius 2 is 2.10 bits per heavy atom. The van der Waals surface area contributed by atoms with Crippen LogP contribution >= 0.6 is 15.9 Å². The molecule has 0 aromatic heterocycles. The Kier molecular flexibility index (Phi) is 4.65. The fraction of sp³-hybridized carbons (Fsp3) is 0.533. The van der Waals surface area contributed by atoms with Gasteiger partial charge in [0.15, 0.2) is 11.5 Å². The molecule has 2 aliphatic rings. The lowest BCUT2D eigenvalue weighted by Gasteiger charge is -2.12. The summed E-state index contributed by atoms with van der Waals surface area (Å²) in [5, 5.41) is 6.11. The third kappa shape index (κ3) is 4.11. The fourth-order valence-corrected chi connectivity index (χ4v) is 2.82. The molecule has 1 aliphatic heterocycles. The summed E-state index contributed by atoms with van der Waals surface area (Å²) in [5.41, 5.74) is 1.06. The second-order valence-electron chi connectivity index (χ2n) is 5.40. The maximum absolute atomic E-state index is 11.6. The Balaban J connectivity index is 1.56. The van der Waals surface area contributed by atoms with Gasteiger partial charge < -0.3 is 20.1 Å². The van der Waals surface area contributed by atoms with Gasteiger partial charge in [-0.2, -0.15) is 0 Å². The summed E-state index contributed by atoms with van der Waals surface area (Å²) in [4.78, 5) is 11.6. The van der Waals surface area contributed by atoms with Crippen LogP contribution in [0.5, 0.6) is 11.5 Å². The third-order valence-electron chi connectivity index (χ3n) is 3.42. The summed E-state index contributed by atoms with van der Waals surface area (Å²) >= 11 is 3.52. The first-order chi connectivity index (χ1) is 10.2. The highest BCUT2D eigenvalue weighted by molar-refractivity contribution is 9.10. The van der Waals surface area contributed by atoms with E-state index < -0.39 is 0 Å².